The molecular formula is C17H17FN2O3S. The van der Waals surface area contributed by atoms with Gasteiger partial charge in [-0.25, -0.2) is 12.8 Å². The lowest BCUT2D eigenvalue weighted by molar-refractivity contribution is -0.116. The molecule has 2 rings (SSSR count). The molecule has 0 aromatic heterocycles. The molecule has 0 aliphatic carbocycles. The molecule has 126 valence electrons. The number of sulfonamides is 1. The van der Waals surface area contributed by atoms with Gasteiger partial charge in [0.1, 0.15) is 5.82 Å². The minimum absolute atomic E-state index is 0.00589. The van der Waals surface area contributed by atoms with Gasteiger partial charge in [-0.3, -0.25) is 4.79 Å². The largest absolute Gasteiger partial charge is 0.325 e. The van der Waals surface area contributed by atoms with Crippen molar-refractivity contribution in [2.45, 2.75) is 4.90 Å². The topological polar surface area (TPSA) is 66.5 Å². The summed E-state index contributed by atoms with van der Waals surface area (Å²) in [5, 5.41) is 2.54. The minimum Gasteiger partial charge on any atom is -0.325 e. The van der Waals surface area contributed by atoms with E-state index in [4.69, 9.17) is 0 Å². The number of rotatable bonds is 7. The second-order valence-corrected chi connectivity index (χ2v) is 6.89. The van der Waals surface area contributed by atoms with E-state index >= 15 is 0 Å². The molecule has 0 heterocycles. The van der Waals surface area contributed by atoms with Gasteiger partial charge in [0.15, 0.2) is 0 Å². The Morgan fingerprint density at radius 1 is 1.12 bits per heavy atom. The highest BCUT2D eigenvalue weighted by Crippen LogP contribution is 2.15. The van der Waals surface area contributed by atoms with Crippen LogP contribution in [0.3, 0.4) is 0 Å². The quantitative estimate of drug-likeness (QED) is 0.782. The van der Waals surface area contributed by atoms with Gasteiger partial charge >= 0.3 is 0 Å². The molecule has 2 aromatic carbocycles. The number of benzene rings is 2. The van der Waals surface area contributed by atoms with Gasteiger partial charge in [0.25, 0.3) is 0 Å². The van der Waals surface area contributed by atoms with Gasteiger partial charge in [-0.05, 0) is 36.4 Å². The molecule has 1 amide bonds. The Morgan fingerprint density at radius 3 is 2.33 bits per heavy atom. The van der Waals surface area contributed by atoms with Crippen molar-refractivity contribution in [3.63, 3.8) is 0 Å². The highest BCUT2D eigenvalue weighted by atomic mass is 32.2. The Balaban J connectivity index is 2.14. The summed E-state index contributed by atoms with van der Waals surface area (Å²) >= 11 is 0. The fourth-order valence-electron chi connectivity index (χ4n) is 2.03. The second kappa shape index (κ2) is 7.85. The molecule has 24 heavy (non-hydrogen) atoms. The third-order valence-corrected chi connectivity index (χ3v) is 4.99. The van der Waals surface area contributed by atoms with Crippen LogP contribution in [-0.4, -0.2) is 31.7 Å². The van der Waals surface area contributed by atoms with Crippen molar-refractivity contribution < 1.29 is 17.6 Å². The van der Waals surface area contributed by atoms with Crippen molar-refractivity contribution in [3.8, 4) is 0 Å². The predicted octanol–water partition coefficient (Wildman–Crippen LogP) is 2.64. The van der Waals surface area contributed by atoms with Gasteiger partial charge in [0.2, 0.25) is 15.9 Å². The van der Waals surface area contributed by atoms with Gasteiger partial charge in [0.05, 0.1) is 11.4 Å². The third-order valence-electron chi connectivity index (χ3n) is 3.16. The lowest BCUT2D eigenvalue weighted by Gasteiger charge is -2.20. The van der Waals surface area contributed by atoms with E-state index in [9.17, 15) is 17.6 Å². The Hall–Kier alpha value is -2.51. The molecule has 0 aliphatic heterocycles. The summed E-state index contributed by atoms with van der Waals surface area (Å²) in [6.45, 7) is 3.15. The van der Waals surface area contributed by atoms with Crippen LogP contribution in [0.5, 0.6) is 0 Å². The summed E-state index contributed by atoms with van der Waals surface area (Å²) in [5.74, 6) is -0.948. The highest BCUT2D eigenvalue weighted by Gasteiger charge is 2.25. The number of nitrogens with one attached hydrogen (secondary N) is 1. The van der Waals surface area contributed by atoms with Crippen molar-refractivity contribution in [2.24, 2.45) is 0 Å². The van der Waals surface area contributed by atoms with Gasteiger partial charge < -0.3 is 5.32 Å². The summed E-state index contributed by atoms with van der Waals surface area (Å²) in [6, 6.07) is 13.1. The first kappa shape index (κ1) is 17.8. The molecule has 0 spiro atoms. The fourth-order valence-corrected chi connectivity index (χ4v) is 3.42. The Morgan fingerprint density at radius 2 is 1.75 bits per heavy atom. The lowest BCUT2D eigenvalue weighted by Crippen LogP contribution is -2.38. The monoisotopic (exact) mass is 348 g/mol. The normalized spacial score (nSPS) is 11.2. The Labute approximate surface area is 140 Å². The first-order valence-electron chi connectivity index (χ1n) is 7.15. The lowest BCUT2D eigenvalue weighted by atomic mass is 10.3. The van der Waals surface area contributed by atoms with E-state index in [0.29, 0.717) is 5.69 Å². The third kappa shape index (κ3) is 4.50. The average molecular weight is 348 g/mol. The number of anilines is 1. The van der Waals surface area contributed by atoms with Crippen LogP contribution in [-0.2, 0) is 14.8 Å². The van der Waals surface area contributed by atoms with Crippen LogP contribution < -0.4 is 5.32 Å². The van der Waals surface area contributed by atoms with E-state index < -0.39 is 21.7 Å². The van der Waals surface area contributed by atoms with E-state index in [1.807, 2.05) is 0 Å². The SMILES string of the molecule is C=CCN(CC(=O)Nc1ccc(F)cc1)S(=O)(=O)c1ccccc1. The summed E-state index contributed by atoms with van der Waals surface area (Å²) < 4.78 is 39.1. The molecule has 0 radical (unpaired) electrons. The number of hydrogen-bond donors (Lipinski definition) is 1. The standard InChI is InChI=1S/C17H17FN2O3S/c1-2-12-20(24(22,23)16-6-4-3-5-7-16)13-17(21)19-15-10-8-14(18)9-11-15/h2-11H,1,12-13H2,(H,19,21). The number of nitrogens with zero attached hydrogens (tertiary/aromatic N) is 1. The summed E-state index contributed by atoms with van der Waals surface area (Å²) in [5.41, 5.74) is 0.386. The molecule has 0 aliphatic rings. The number of carbonyl (C=O) groups is 1. The van der Waals surface area contributed by atoms with Crippen LogP contribution in [0.2, 0.25) is 0 Å². The maximum absolute atomic E-state index is 12.9. The smallest absolute Gasteiger partial charge is 0.243 e. The predicted molar refractivity (Wildman–Crippen MR) is 90.4 cm³/mol. The second-order valence-electron chi connectivity index (χ2n) is 4.95. The molecule has 0 unspecified atom stereocenters. The first-order chi connectivity index (χ1) is 11.4. The molecule has 0 saturated heterocycles. The Bertz CT molecular complexity index is 805. The van der Waals surface area contributed by atoms with E-state index in [2.05, 4.69) is 11.9 Å². The molecule has 0 saturated carbocycles. The molecule has 0 fully saturated rings. The van der Waals surface area contributed by atoms with E-state index in [1.54, 1.807) is 18.2 Å². The van der Waals surface area contributed by atoms with Gasteiger partial charge in [0, 0.05) is 12.2 Å². The Kier molecular flexibility index (Phi) is 5.83. The van der Waals surface area contributed by atoms with Gasteiger partial charge in [-0.1, -0.05) is 24.3 Å². The zero-order chi connectivity index (χ0) is 17.6. The van der Waals surface area contributed by atoms with Crippen LogP contribution in [0, 0.1) is 5.82 Å². The van der Waals surface area contributed by atoms with Crippen LogP contribution in [0.1, 0.15) is 0 Å². The number of hydrogen-bond acceptors (Lipinski definition) is 3. The highest BCUT2D eigenvalue weighted by molar-refractivity contribution is 7.89. The summed E-state index contributed by atoms with van der Waals surface area (Å²) in [7, 11) is -3.82. The number of carbonyl (C=O) groups excluding carboxylic acids is 1. The molecule has 7 heteroatoms. The molecular weight excluding hydrogens is 331 g/mol. The van der Waals surface area contributed by atoms with Crippen LogP contribution in [0.25, 0.3) is 0 Å². The summed E-state index contributed by atoms with van der Waals surface area (Å²) in [6.07, 6.45) is 1.41. The van der Waals surface area contributed by atoms with Crippen molar-refractivity contribution in [3.05, 3.63) is 73.1 Å². The number of amides is 1. The minimum atomic E-state index is -3.82. The number of halogens is 1. The van der Waals surface area contributed by atoms with Crippen molar-refractivity contribution in [1.29, 1.82) is 0 Å². The van der Waals surface area contributed by atoms with Gasteiger partial charge in [-0.2, -0.15) is 4.31 Å². The molecule has 0 bridgehead atoms. The fraction of sp³-hybridized carbons (Fsp3) is 0.118. The van der Waals surface area contributed by atoms with E-state index in [1.165, 1.54) is 42.5 Å². The van der Waals surface area contributed by atoms with Gasteiger partial charge in [-0.15, -0.1) is 6.58 Å². The van der Waals surface area contributed by atoms with Crippen LogP contribution >= 0.6 is 0 Å². The van der Waals surface area contributed by atoms with E-state index in [-0.39, 0.29) is 18.0 Å². The molecule has 5 nitrogen and oxygen atoms in total. The first-order valence-corrected chi connectivity index (χ1v) is 8.59. The summed E-state index contributed by atoms with van der Waals surface area (Å²) in [4.78, 5) is 12.2. The molecule has 0 atom stereocenters. The zero-order valence-corrected chi connectivity index (χ0v) is 13.7. The zero-order valence-electron chi connectivity index (χ0n) is 12.9. The maximum atomic E-state index is 12.9. The van der Waals surface area contributed by atoms with Crippen LogP contribution in [0.15, 0.2) is 72.1 Å². The van der Waals surface area contributed by atoms with Crippen molar-refractivity contribution in [2.75, 3.05) is 18.4 Å². The van der Waals surface area contributed by atoms with Crippen molar-refractivity contribution in [1.82, 2.24) is 4.31 Å². The van der Waals surface area contributed by atoms with Crippen LogP contribution in [0.4, 0.5) is 10.1 Å². The maximum Gasteiger partial charge on any atom is 0.243 e. The average Bonchev–Trinajstić information content (AvgIpc) is 2.57. The molecule has 1 N–H and O–H groups in total. The van der Waals surface area contributed by atoms with Crippen molar-refractivity contribution >= 4 is 21.6 Å². The van der Waals surface area contributed by atoms with E-state index in [0.717, 1.165) is 4.31 Å². The molecule has 2 aromatic rings.